The predicted molar refractivity (Wildman–Crippen MR) is 113 cm³/mol. The molecule has 0 spiro atoms. The smallest absolute Gasteiger partial charge is 0.217 e. The topological polar surface area (TPSA) is 80.1 Å². The van der Waals surface area contributed by atoms with Crippen LogP contribution < -0.4 is 9.47 Å². The van der Waals surface area contributed by atoms with Crippen LogP contribution in [-0.2, 0) is 22.3 Å². The second kappa shape index (κ2) is 10.4. The highest BCUT2D eigenvalue weighted by Crippen LogP contribution is 2.32. The summed E-state index contributed by atoms with van der Waals surface area (Å²) in [4.78, 5) is 11.5. The summed E-state index contributed by atoms with van der Waals surface area (Å²) in [5.41, 5.74) is 2.04. The number of hydrogen-bond acceptors (Lipinski definition) is 6. The molecule has 1 fully saturated rings. The summed E-state index contributed by atoms with van der Waals surface area (Å²) in [6, 6.07) is 14.8. The molecule has 3 rings (SSSR count). The third-order valence-corrected chi connectivity index (χ3v) is 5.53. The Labute approximate surface area is 177 Å². The summed E-state index contributed by atoms with van der Waals surface area (Å²) in [7, 11) is 3.12. The van der Waals surface area contributed by atoms with Crippen molar-refractivity contribution in [3.63, 3.8) is 0 Å². The molecule has 0 bridgehead atoms. The van der Waals surface area contributed by atoms with Crippen LogP contribution in [0.15, 0.2) is 48.5 Å². The molecule has 7 heteroatoms. The van der Waals surface area contributed by atoms with Crippen LogP contribution in [-0.4, -0.2) is 44.2 Å². The molecule has 1 heterocycles. The Bertz CT molecular complexity index is 820. The maximum Gasteiger partial charge on any atom is 0.217 e. The Kier molecular flexibility index (Phi) is 7.65. The highest BCUT2D eigenvalue weighted by molar-refractivity contribution is 5.43. The molecule has 1 aliphatic heterocycles. The average molecular weight is 415 g/mol. The number of ether oxygens (including phenoxy) is 4. The van der Waals surface area contributed by atoms with Gasteiger partial charge in [-0.05, 0) is 29.7 Å². The number of nitro groups is 1. The number of hydrogen-bond donors (Lipinski definition) is 0. The fraction of sp³-hybridized carbons (Fsp3) is 0.478. The first kappa shape index (κ1) is 22.1. The molecule has 1 atom stereocenters. The summed E-state index contributed by atoms with van der Waals surface area (Å²) in [6.07, 6.45) is 2.65. The summed E-state index contributed by atoms with van der Waals surface area (Å²) >= 11 is 0. The third kappa shape index (κ3) is 5.70. The van der Waals surface area contributed by atoms with E-state index in [1.54, 1.807) is 26.4 Å². The first-order valence-electron chi connectivity index (χ1n) is 10.2. The van der Waals surface area contributed by atoms with E-state index < -0.39 is 11.8 Å². The fourth-order valence-corrected chi connectivity index (χ4v) is 3.84. The Morgan fingerprint density at radius 2 is 1.70 bits per heavy atom. The van der Waals surface area contributed by atoms with Crippen molar-refractivity contribution < 1.29 is 23.9 Å². The van der Waals surface area contributed by atoms with Gasteiger partial charge >= 0.3 is 0 Å². The normalized spacial score (nSPS) is 16.2. The monoisotopic (exact) mass is 415 g/mol. The van der Waals surface area contributed by atoms with Gasteiger partial charge in [0.2, 0.25) is 6.04 Å². The molecule has 2 aromatic rings. The van der Waals surface area contributed by atoms with Crippen molar-refractivity contribution in [2.24, 2.45) is 0 Å². The number of benzene rings is 2. The number of aryl methyl sites for hydroxylation is 1. The van der Waals surface area contributed by atoms with Crippen LogP contribution in [0.3, 0.4) is 0 Å². The molecule has 1 saturated heterocycles. The standard InChI is InChI=1S/C23H29NO6/c1-27-21-9-8-19(17-22(21)28-2)16-20(24(25)26)11-13-23(29-14-15-30-23)12-10-18-6-4-3-5-7-18/h3-9,17,20H,10-16H2,1-2H3. The largest absolute Gasteiger partial charge is 0.493 e. The van der Waals surface area contributed by atoms with Gasteiger partial charge in [0.1, 0.15) is 0 Å². The zero-order chi connectivity index (χ0) is 21.4. The van der Waals surface area contributed by atoms with Gasteiger partial charge in [-0.15, -0.1) is 0 Å². The van der Waals surface area contributed by atoms with Gasteiger partial charge in [0.05, 0.1) is 27.4 Å². The molecule has 162 valence electrons. The maximum atomic E-state index is 11.7. The fourth-order valence-electron chi connectivity index (χ4n) is 3.84. The van der Waals surface area contributed by atoms with Gasteiger partial charge in [0, 0.05) is 30.6 Å². The van der Waals surface area contributed by atoms with E-state index in [4.69, 9.17) is 18.9 Å². The van der Waals surface area contributed by atoms with Crippen molar-refractivity contribution in [3.8, 4) is 11.5 Å². The molecule has 0 amide bonds. The van der Waals surface area contributed by atoms with Crippen molar-refractivity contribution in [3.05, 3.63) is 69.8 Å². The zero-order valence-electron chi connectivity index (χ0n) is 17.5. The molecule has 1 aliphatic rings. The first-order chi connectivity index (χ1) is 14.5. The number of rotatable bonds is 11. The van der Waals surface area contributed by atoms with Gasteiger partial charge in [-0.25, -0.2) is 0 Å². The van der Waals surface area contributed by atoms with Gasteiger partial charge in [-0.2, -0.15) is 0 Å². The molecule has 0 saturated carbocycles. The van der Waals surface area contributed by atoms with Crippen molar-refractivity contribution in [2.45, 2.75) is 43.9 Å². The van der Waals surface area contributed by atoms with E-state index in [9.17, 15) is 10.1 Å². The molecule has 7 nitrogen and oxygen atoms in total. The molecular formula is C23H29NO6. The van der Waals surface area contributed by atoms with Crippen LogP contribution in [0.5, 0.6) is 11.5 Å². The van der Waals surface area contributed by atoms with Crippen LogP contribution in [0.2, 0.25) is 0 Å². The molecule has 2 aromatic carbocycles. The molecular weight excluding hydrogens is 386 g/mol. The van der Waals surface area contributed by atoms with Crippen molar-refractivity contribution in [1.29, 1.82) is 0 Å². The average Bonchev–Trinajstić information content (AvgIpc) is 3.24. The zero-order valence-corrected chi connectivity index (χ0v) is 17.5. The number of methoxy groups -OCH3 is 2. The highest BCUT2D eigenvalue weighted by atomic mass is 16.7. The summed E-state index contributed by atoms with van der Waals surface area (Å²) in [5.74, 6) is 0.423. The van der Waals surface area contributed by atoms with E-state index in [2.05, 4.69) is 12.1 Å². The molecule has 0 aromatic heterocycles. The van der Waals surface area contributed by atoms with Crippen molar-refractivity contribution in [2.75, 3.05) is 27.4 Å². The molecule has 30 heavy (non-hydrogen) atoms. The lowest BCUT2D eigenvalue weighted by Crippen LogP contribution is -2.34. The molecule has 0 N–H and O–H groups in total. The third-order valence-electron chi connectivity index (χ3n) is 5.53. The van der Waals surface area contributed by atoms with E-state index in [0.29, 0.717) is 50.4 Å². The van der Waals surface area contributed by atoms with Gasteiger partial charge < -0.3 is 18.9 Å². The lowest BCUT2D eigenvalue weighted by molar-refractivity contribution is -0.524. The van der Waals surface area contributed by atoms with Gasteiger partial charge in [0.25, 0.3) is 0 Å². The van der Waals surface area contributed by atoms with Crippen LogP contribution >= 0.6 is 0 Å². The minimum Gasteiger partial charge on any atom is -0.493 e. The minimum absolute atomic E-state index is 0.212. The molecule has 1 unspecified atom stereocenters. The maximum absolute atomic E-state index is 11.7. The van der Waals surface area contributed by atoms with E-state index in [-0.39, 0.29) is 4.92 Å². The van der Waals surface area contributed by atoms with E-state index in [1.165, 1.54) is 5.56 Å². The van der Waals surface area contributed by atoms with Gasteiger partial charge in [-0.1, -0.05) is 36.4 Å². The SMILES string of the molecule is COc1ccc(CC(CCC2(CCc3ccccc3)OCCO2)[N+](=O)[O-])cc1OC. The summed E-state index contributed by atoms with van der Waals surface area (Å²) < 4.78 is 22.4. The van der Waals surface area contributed by atoms with Crippen molar-refractivity contribution >= 4 is 0 Å². The van der Waals surface area contributed by atoms with Crippen LogP contribution in [0.4, 0.5) is 0 Å². The van der Waals surface area contributed by atoms with Crippen LogP contribution in [0.1, 0.15) is 30.4 Å². The van der Waals surface area contributed by atoms with Gasteiger partial charge in [-0.3, -0.25) is 10.1 Å². The van der Waals surface area contributed by atoms with E-state index >= 15 is 0 Å². The van der Waals surface area contributed by atoms with Crippen molar-refractivity contribution in [1.82, 2.24) is 0 Å². The second-order valence-electron chi connectivity index (χ2n) is 7.46. The first-order valence-corrected chi connectivity index (χ1v) is 10.2. The van der Waals surface area contributed by atoms with E-state index in [0.717, 1.165) is 12.0 Å². The lowest BCUT2D eigenvalue weighted by Gasteiger charge is -2.28. The lowest BCUT2D eigenvalue weighted by atomic mass is 9.95. The highest BCUT2D eigenvalue weighted by Gasteiger charge is 2.38. The summed E-state index contributed by atoms with van der Waals surface area (Å²) in [6.45, 7) is 1.04. The minimum atomic E-state index is -0.748. The van der Waals surface area contributed by atoms with Crippen LogP contribution in [0, 0.1) is 10.1 Å². The predicted octanol–water partition coefficient (Wildman–Crippen LogP) is 4.05. The summed E-state index contributed by atoms with van der Waals surface area (Å²) in [5, 5.41) is 11.7. The number of nitrogens with zero attached hydrogens (tertiary/aromatic N) is 1. The van der Waals surface area contributed by atoms with Gasteiger partial charge in [0.15, 0.2) is 17.3 Å². The molecule has 0 radical (unpaired) electrons. The molecule has 0 aliphatic carbocycles. The quantitative estimate of drug-likeness (QED) is 0.407. The Hall–Kier alpha value is -2.64. The Morgan fingerprint density at radius 1 is 1.00 bits per heavy atom. The Balaban J connectivity index is 1.64. The van der Waals surface area contributed by atoms with Crippen LogP contribution in [0.25, 0.3) is 0 Å². The van der Waals surface area contributed by atoms with E-state index in [1.807, 2.05) is 24.3 Å². The second-order valence-corrected chi connectivity index (χ2v) is 7.46. The Morgan fingerprint density at radius 3 is 2.33 bits per heavy atom.